The van der Waals surface area contributed by atoms with Crippen LogP contribution in [0.25, 0.3) is 0 Å². The third-order valence-electron chi connectivity index (χ3n) is 15.5. The number of nitrogens with zero attached hydrogens (tertiary/aromatic N) is 3. The number of hydrogen-bond donors (Lipinski definition) is 2. The zero-order valence-electron chi connectivity index (χ0n) is 30.2. The van der Waals surface area contributed by atoms with Crippen molar-refractivity contribution in [2.75, 3.05) is 6.61 Å². The Kier molecular flexibility index (Phi) is 8.73. The molecule has 7 nitrogen and oxygen atoms in total. The molecule has 5 aliphatic carbocycles. The quantitative estimate of drug-likeness (QED) is 0.230. The van der Waals surface area contributed by atoms with Crippen molar-refractivity contribution in [1.82, 2.24) is 15.0 Å². The second kappa shape index (κ2) is 12.1. The molecule has 1 aromatic carbocycles. The van der Waals surface area contributed by atoms with Gasteiger partial charge in [-0.15, -0.1) is 5.10 Å². The van der Waals surface area contributed by atoms with E-state index in [4.69, 9.17) is 27.9 Å². The Morgan fingerprint density at radius 2 is 1.69 bits per heavy atom. The number of hydrogen-bond acceptors (Lipinski definition) is 6. The lowest BCUT2D eigenvalue weighted by molar-refractivity contribution is -0.217. The van der Waals surface area contributed by atoms with Crippen molar-refractivity contribution in [3.05, 3.63) is 57.3 Å². The van der Waals surface area contributed by atoms with Gasteiger partial charge in [0.25, 0.3) is 0 Å². The highest BCUT2D eigenvalue weighted by Gasteiger charge is 2.69. The van der Waals surface area contributed by atoms with Gasteiger partial charge in [-0.2, -0.15) is 0 Å². The summed E-state index contributed by atoms with van der Waals surface area (Å²) in [5.41, 5.74) is 2.09. The second-order valence-corrected chi connectivity index (χ2v) is 19.1. The first-order valence-corrected chi connectivity index (χ1v) is 19.3. The molecule has 0 saturated heterocycles. The summed E-state index contributed by atoms with van der Waals surface area (Å²) in [5.74, 6) is 0.795. The van der Waals surface area contributed by atoms with Crippen LogP contribution in [0.2, 0.25) is 10.0 Å². The van der Waals surface area contributed by atoms with Crippen LogP contribution >= 0.6 is 23.2 Å². The summed E-state index contributed by atoms with van der Waals surface area (Å²) in [4.78, 5) is 14.5. The average molecular weight is 713 g/mol. The van der Waals surface area contributed by atoms with Crippen LogP contribution in [0.15, 0.2) is 36.0 Å². The number of aromatic nitrogens is 3. The number of carbonyl (C=O) groups excluding carboxylic acids is 1. The van der Waals surface area contributed by atoms with E-state index in [1.165, 1.54) is 5.57 Å². The molecule has 0 spiro atoms. The molecule has 9 atom stereocenters. The summed E-state index contributed by atoms with van der Waals surface area (Å²) in [6, 6.07) is 5.43. The van der Waals surface area contributed by atoms with E-state index in [0.29, 0.717) is 28.2 Å². The highest BCUT2D eigenvalue weighted by molar-refractivity contribution is 6.35. The van der Waals surface area contributed by atoms with Crippen molar-refractivity contribution in [2.45, 2.75) is 125 Å². The molecule has 4 fully saturated rings. The molecule has 0 bridgehead atoms. The molecule has 9 heteroatoms. The first kappa shape index (κ1) is 35.5. The fourth-order valence-electron chi connectivity index (χ4n) is 12.2. The van der Waals surface area contributed by atoms with Crippen LogP contribution in [0.3, 0.4) is 0 Å². The van der Waals surface area contributed by atoms with Crippen LogP contribution in [0.4, 0.5) is 0 Å². The lowest BCUT2D eigenvalue weighted by Gasteiger charge is -2.71. The predicted molar refractivity (Wildman–Crippen MR) is 192 cm³/mol. The molecule has 0 radical (unpaired) electrons. The number of esters is 1. The number of halogens is 2. The van der Waals surface area contributed by atoms with Gasteiger partial charge in [-0.3, -0.25) is 4.79 Å². The van der Waals surface area contributed by atoms with Gasteiger partial charge in [0, 0.05) is 21.0 Å². The molecule has 268 valence electrons. The van der Waals surface area contributed by atoms with Gasteiger partial charge in [0.05, 0.1) is 30.9 Å². The molecule has 2 aromatic rings. The van der Waals surface area contributed by atoms with Crippen molar-refractivity contribution in [3.8, 4) is 0 Å². The fraction of sp³-hybridized carbons (Fsp3) is 0.725. The minimum atomic E-state index is -0.545. The average Bonchev–Trinajstić information content (AvgIpc) is 3.51. The number of rotatable bonds is 6. The Morgan fingerprint density at radius 3 is 2.41 bits per heavy atom. The van der Waals surface area contributed by atoms with Crippen molar-refractivity contribution < 1.29 is 19.7 Å². The van der Waals surface area contributed by atoms with E-state index in [1.807, 2.05) is 6.07 Å². The topological polar surface area (TPSA) is 97.5 Å². The maximum Gasteiger partial charge on any atom is 0.313 e. The second-order valence-electron chi connectivity index (χ2n) is 18.3. The van der Waals surface area contributed by atoms with Crippen LogP contribution in [-0.4, -0.2) is 43.9 Å². The van der Waals surface area contributed by atoms with Gasteiger partial charge in [0.2, 0.25) is 0 Å². The van der Waals surface area contributed by atoms with E-state index in [2.05, 4.69) is 57.9 Å². The summed E-state index contributed by atoms with van der Waals surface area (Å²) in [6.45, 7) is 14.9. The predicted octanol–water partition coefficient (Wildman–Crippen LogP) is 8.81. The Hall–Kier alpha value is -1.93. The Bertz CT molecular complexity index is 1640. The number of fused-ring (bicyclic) bond motifs is 7. The van der Waals surface area contributed by atoms with E-state index in [0.717, 1.165) is 69.8 Å². The van der Waals surface area contributed by atoms with Gasteiger partial charge < -0.3 is 14.9 Å². The van der Waals surface area contributed by atoms with E-state index >= 15 is 0 Å². The van der Waals surface area contributed by atoms with E-state index in [-0.39, 0.29) is 52.7 Å². The summed E-state index contributed by atoms with van der Waals surface area (Å²) in [6.07, 6.45) is 13.3. The van der Waals surface area contributed by atoms with Crippen LogP contribution < -0.4 is 0 Å². The van der Waals surface area contributed by atoms with E-state index < -0.39 is 16.9 Å². The minimum absolute atomic E-state index is 0.0277. The maximum atomic E-state index is 14.5. The van der Waals surface area contributed by atoms with Gasteiger partial charge in [0.15, 0.2) is 0 Å². The third-order valence-corrected chi connectivity index (χ3v) is 16.2. The first-order chi connectivity index (χ1) is 23.0. The number of aliphatic hydroxyl groups excluding tert-OH is 2. The lowest BCUT2D eigenvalue weighted by atomic mass is 9.33. The molecule has 49 heavy (non-hydrogen) atoms. The molecule has 7 rings (SSSR count). The largest absolute Gasteiger partial charge is 0.459 e. The highest BCUT2D eigenvalue weighted by Crippen LogP contribution is 2.75. The standard InChI is InChI=1S/C40H55Cl2N3O4/c1-35(2)16-18-40(34(48)49-23-25-21-45(44-43-25)22-26-29(41)8-7-9-30(26)42)19-17-38(5)27(28(40)20-35)10-11-32-36(3)14-13-33(47)37(4,24-46)31(36)12-15-39(32,38)6/h7-10,21,28,31-33,46-47H,11-20,22-24H2,1-6H3/t28-,31+,32+,33-,36-,37-,38+,39+,40-/m0/s1. The number of allylic oxidation sites excluding steroid dienone is 2. The Balaban J connectivity index is 1.15. The molecule has 0 aliphatic heterocycles. The maximum absolute atomic E-state index is 14.5. The normalized spacial score (nSPS) is 41.1. The fourth-order valence-corrected chi connectivity index (χ4v) is 12.8. The summed E-state index contributed by atoms with van der Waals surface area (Å²) in [5, 5.41) is 31.4. The number of benzene rings is 1. The van der Waals surface area contributed by atoms with Gasteiger partial charge >= 0.3 is 5.97 Å². The minimum Gasteiger partial charge on any atom is -0.459 e. The van der Waals surface area contributed by atoms with Gasteiger partial charge in [-0.25, -0.2) is 4.68 Å². The zero-order chi connectivity index (χ0) is 35.2. The van der Waals surface area contributed by atoms with Crippen molar-refractivity contribution >= 4 is 29.2 Å². The summed E-state index contributed by atoms with van der Waals surface area (Å²) >= 11 is 12.8. The monoisotopic (exact) mass is 711 g/mol. The summed E-state index contributed by atoms with van der Waals surface area (Å²) < 4.78 is 7.88. The molecule has 5 aliphatic rings. The molecular weight excluding hydrogens is 657 g/mol. The Labute approximate surface area is 302 Å². The SMILES string of the molecule is CC1(C)CC[C@]2(C(=O)OCc3cn(Cc4c(Cl)cccc4Cl)nn3)CC[C@]3(C)C(=CC[C@@H]4[C@@]5(C)CC[C@H](O)[C@@](C)(CO)[C@@H]5CC[C@]43C)[C@@H]2C1. The molecule has 0 amide bonds. The van der Waals surface area contributed by atoms with Crippen LogP contribution in [-0.2, 0) is 22.7 Å². The van der Waals surface area contributed by atoms with Crippen LogP contribution in [0.1, 0.15) is 117 Å². The molecule has 2 N–H and O–H groups in total. The smallest absolute Gasteiger partial charge is 0.313 e. The zero-order valence-corrected chi connectivity index (χ0v) is 31.7. The molecule has 1 aromatic heterocycles. The highest BCUT2D eigenvalue weighted by atomic mass is 35.5. The lowest BCUT2D eigenvalue weighted by Crippen LogP contribution is -2.66. The van der Waals surface area contributed by atoms with E-state index in [9.17, 15) is 15.0 Å². The van der Waals surface area contributed by atoms with Gasteiger partial charge in [-0.1, -0.05) is 87.7 Å². The summed E-state index contributed by atoms with van der Waals surface area (Å²) in [7, 11) is 0. The van der Waals surface area contributed by atoms with Gasteiger partial charge in [0.1, 0.15) is 12.3 Å². The number of ether oxygens (including phenoxy) is 1. The molecule has 0 unspecified atom stereocenters. The number of aliphatic hydroxyl groups is 2. The van der Waals surface area contributed by atoms with Crippen LogP contribution in [0.5, 0.6) is 0 Å². The number of carbonyl (C=O) groups is 1. The van der Waals surface area contributed by atoms with Crippen molar-refractivity contribution in [3.63, 3.8) is 0 Å². The van der Waals surface area contributed by atoms with Crippen molar-refractivity contribution in [2.24, 2.45) is 50.2 Å². The first-order valence-electron chi connectivity index (χ1n) is 18.5. The van der Waals surface area contributed by atoms with E-state index in [1.54, 1.807) is 23.0 Å². The van der Waals surface area contributed by atoms with Crippen LogP contribution in [0, 0.1) is 50.2 Å². The molecule has 1 heterocycles. The van der Waals surface area contributed by atoms with Crippen molar-refractivity contribution in [1.29, 1.82) is 0 Å². The molecule has 4 saturated carbocycles. The molecular formula is C40H55Cl2N3O4. The Morgan fingerprint density at radius 1 is 0.980 bits per heavy atom. The van der Waals surface area contributed by atoms with Gasteiger partial charge in [-0.05, 0) is 116 Å². The third kappa shape index (κ3) is 5.29.